The summed E-state index contributed by atoms with van der Waals surface area (Å²) in [6.07, 6.45) is 2.11. The third-order valence-corrected chi connectivity index (χ3v) is 5.49. The molecule has 2 rings (SSSR count). The number of piperidine rings is 1. The SMILES string of the molecule is CN(C)S(=O)(=O)NC1CCN(C(=O)C2CCC(=O)N2)CC1. The summed E-state index contributed by atoms with van der Waals surface area (Å²) >= 11 is 0. The van der Waals surface area contributed by atoms with Crippen LogP contribution in [0.5, 0.6) is 0 Å². The molecule has 0 aliphatic carbocycles. The van der Waals surface area contributed by atoms with Crippen molar-refractivity contribution in [1.29, 1.82) is 0 Å². The van der Waals surface area contributed by atoms with E-state index in [2.05, 4.69) is 10.0 Å². The molecule has 120 valence electrons. The van der Waals surface area contributed by atoms with Crippen molar-refractivity contribution >= 4 is 22.0 Å². The van der Waals surface area contributed by atoms with Crippen molar-refractivity contribution in [2.24, 2.45) is 0 Å². The van der Waals surface area contributed by atoms with Crippen LogP contribution in [-0.4, -0.2) is 68.7 Å². The molecule has 8 nitrogen and oxygen atoms in total. The Kier molecular flexibility index (Phi) is 4.84. The smallest absolute Gasteiger partial charge is 0.279 e. The van der Waals surface area contributed by atoms with Crippen LogP contribution in [0.4, 0.5) is 0 Å². The van der Waals surface area contributed by atoms with Gasteiger partial charge in [-0.1, -0.05) is 0 Å². The molecule has 2 fully saturated rings. The summed E-state index contributed by atoms with van der Waals surface area (Å²) in [6.45, 7) is 1.01. The lowest BCUT2D eigenvalue weighted by molar-refractivity contribution is -0.135. The van der Waals surface area contributed by atoms with Crippen LogP contribution in [0.2, 0.25) is 0 Å². The summed E-state index contributed by atoms with van der Waals surface area (Å²) in [7, 11) is -0.484. The van der Waals surface area contributed by atoms with Gasteiger partial charge in [0, 0.05) is 39.6 Å². The Hall–Kier alpha value is -1.19. The number of rotatable bonds is 4. The summed E-state index contributed by atoms with van der Waals surface area (Å²) < 4.78 is 27.3. The zero-order chi connectivity index (χ0) is 15.6. The summed E-state index contributed by atoms with van der Waals surface area (Å²) in [4.78, 5) is 25.1. The Morgan fingerprint density at radius 3 is 2.38 bits per heavy atom. The molecule has 21 heavy (non-hydrogen) atoms. The number of carbonyl (C=O) groups excluding carboxylic acids is 2. The molecule has 0 aromatic carbocycles. The monoisotopic (exact) mass is 318 g/mol. The van der Waals surface area contributed by atoms with Gasteiger partial charge in [-0.2, -0.15) is 17.4 Å². The molecule has 1 unspecified atom stereocenters. The molecule has 2 N–H and O–H groups in total. The average molecular weight is 318 g/mol. The Labute approximate surface area is 125 Å². The molecule has 9 heteroatoms. The second-order valence-electron chi connectivity index (χ2n) is 5.66. The molecule has 0 saturated carbocycles. The fourth-order valence-electron chi connectivity index (χ4n) is 2.55. The molecular formula is C12H22N4O4S. The van der Waals surface area contributed by atoms with Gasteiger partial charge >= 0.3 is 0 Å². The Balaban J connectivity index is 1.83. The predicted molar refractivity (Wildman–Crippen MR) is 76.5 cm³/mol. The predicted octanol–water partition coefficient (Wildman–Crippen LogP) is -1.35. The highest BCUT2D eigenvalue weighted by Gasteiger charge is 2.33. The van der Waals surface area contributed by atoms with Gasteiger partial charge in [0.15, 0.2) is 0 Å². The number of likely N-dealkylation sites (tertiary alicyclic amines) is 1. The fourth-order valence-corrected chi connectivity index (χ4v) is 3.42. The molecule has 0 spiro atoms. The molecule has 2 heterocycles. The largest absolute Gasteiger partial charge is 0.344 e. The number of hydrogen-bond donors (Lipinski definition) is 2. The normalized spacial score (nSPS) is 24.4. The van der Waals surface area contributed by atoms with Crippen molar-refractivity contribution < 1.29 is 18.0 Å². The van der Waals surface area contributed by atoms with E-state index in [0.717, 1.165) is 4.31 Å². The molecule has 0 radical (unpaired) electrons. The number of nitrogens with zero attached hydrogens (tertiary/aromatic N) is 2. The van der Waals surface area contributed by atoms with Gasteiger partial charge in [0.1, 0.15) is 6.04 Å². The van der Waals surface area contributed by atoms with Gasteiger partial charge in [-0.15, -0.1) is 0 Å². The van der Waals surface area contributed by atoms with Crippen LogP contribution in [0, 0.1) is 0 Å². The molecule has 2 aliphatic heterocycles. The zero-order valence-corrected chi connectivity index (χ0v) is 13.1. The first-order chi connectivity index (χ1) is 9.79. The van der Waals surface area contributed by atoms with Gasteiger partial charge in [0.25, 0.3) is 10.2 Å². The zero-order valence-electron chi connectivity index (χ0n) is 12.3. The lowest BCUT2D eigenvalue weighted by Gasteiger charge is -2.34. The van der Waals surface area contributed by atoms with E-state index in [4.69, 9.17) is 0 Å². The van der Waals surface area contributed by atoms with E-state index >= 15 is 0 Å². The number of carbonyl (C=O) groups is 2. The van der Waals surface area contributed by atoms with Crippen LogP contribution in [-0.2, 0) is 19.8 Å². The minimum atomic E-state index is -3.44. The first kappa shape index (κ1) is 16.2. The second-order valence-corrected chi connectivity index (χ2v) is 7.58. The Morgan fingerprint density at radius 2 is 1.90 bits per heavy atom. The molecule has 0 bridgehead atoms. The summed E-state index contributed by atoms with van der Waals surface area (Å²) in [5, 5.41) is 2.67. The fraction of sp³-hybridized carbons (Fsp3) is 0.833. The third-order valence-electron chi connectivity index (χ3n) is 3.90. The maximum atomic E-state index is 12.2. The van der Waals surface area contributed by atoms with E-state index in [1.807, 2.05) is 0 Å². The van der Waals surface area contributed by atoms with E-state index < -0.39 is 16.3 Å². The number of amides is 2. The molecule has 2 amide bonds. The standard InChI is InChI=1S/C12H22N4O4S/c1-15(2)21(19,20)14-9-5-7-16(8-6-9)12(18)10-3-4-11(17)13-10/h9-10,14H,3-8H2,1-2H3,(H,13,17). The molecule has 2 saturated heterocycles. The molecule has 0 aromatic heterocycles. The van der Waals surface area contributed by atoms with Crippen molar-refractivity contribution in [3.8, 4) is 0 Å². The Bertz CT molecular complexity index is 511. The third kappa shape index (κ3) is 3.92. The first-order valence-electron chi connectivity index (χ1n) is 7.07. The summed E-state index contributed by atoms with van der Waals surface area (Å²) in [5.41, 5.74) is 0. The summed E-state index contributed by atoms with van der Waals surface area (Å²) in [6, 6.07) is -0.563. The highest BCUT2D eigenvalue weighted by molar-refractivity contribution is 7.87. The average Bonchev–Trinajstić information content (AvgIpc) is 2.85. The molecular weight excluding hydrogens is 296 g/mol. The lowest BCUT2D eigenvalue weighted by Crippen LogP contribution is -2.52. The molecule has 0 aromatic rings. The molecule has 2 aliphatic rings. The van der Waals surface area contributed by atoms with Crippen molar-refractivity contribution in [3.05, 3.63) is 0 Å². The van der Waals surface area contributed by atoms with Crippen LogP contribution < -0.4 is 10.0 Å². The lowest BCUT2D eigenvalue weighted by atomic mass is 10.0. The van der Waals surface area contributed by atoms with E-state index in [1.165, 1.54) is 14.1 Å². The van der Waals surface area contributed by atoms with Crippen molar-refractivity contribution in [3.63, 3.8) is 0 Å². The van der Waals surface area contributed by atoms with E-state index in [9.17, 15) is 18.0 Å². The van der Waals surface area contributed by atoms with Crippen LogP contribution in [0.3, 0.4) is 0 Å². The van der Waals surface area contributed by atoms with Gasteiger partial charge in [0.05, 0.1) is 0 Å². The molecule has 1 atom stereocenters. The highest BCUT2D eigenvalue weighted by atomic mass is 32.2. The minimum absolute atomic E-state index is 0.0604. The van der Waals surface area contributed by atoms with Crippen molar-refractivity contribution in [2.45, 2.75) is 37.8 Å². The van der Waals surface area contributed by atoms with E-state index in [-0.39, 0.29) is 17.9 Å². The van der Waals surface area contributed by atoms with Gasteiger partial charge in [0.2, 0.25) is 11.8 Å². The van der Waals surface area contributed by atoms with Gasteiger partial charge in [-0.3, -0.25) is 9.59 Å². The minimum Gasteiger partial charge on any atom is -0.344 e. The second kappa shape index (κ2) is 6.29. The number of nitrogens with one attached hydrogen (secondary N) is 2. The highest BCUT2D eigenvalue weighted by Crippen LogP contribution is 2.16. The van der Waals surface area contributed by atoms with Crippen LogP contribution in [0.1, 0.15) is 25.7 Å². The Morgan fingerprint density at radius 1 is 1.29 bits per heavy atom. The van der Waals surface area contributed by atoms with Crippen LogP contribution in [0.25, 0.3) is 0 Å². The van der Waals surface area contributed by atoms with Gasteiger partial charge in [-0.25, -0.2) is 0 Å². The van der Waals surface area contributed by atoms with Gasteiger partial charge < -0.3 is 10.2 Å². The first-order valence-corrected chi connectivity index (χ1v) is 8.51. The quantitative estimate of drug-likeness (QED) is 0.670. The summed E-state index contributed by atoms with van der Waals surface area (Å²) in [5.74, 6) is -0.142. The van der Waals surface area contributed by atoms with Crippen LogP contribution in [0.15, 0.2) is 0 Å². The number of hydrogen-bond acceptors (Lipinski definition) is 4. The maximum absolute atomic E-state index is 12.2. The van der Waals surface area contributed by atoms with Gasteiger partial charge in [-0.05, 0) is 19.3 Å². The van der Waals surface area contributed by atoms with Crippen LogP contribution >= 0.6 is 0 Å². The topological polar surface area (TPSA) is 98.8 Å². The van der Waals surface area contributed by atoms with Crippen molar-refractivity contribution in [2.75, 3.05) is 27.2 Å². The maximum Gasteiger partial charge on any atom is 0.279 e. The van der Waals surface area contributed by atoms with E-state index in [1.54, 1.807) is 4.90 Å². The van der Waals surface area contributed by atoms with E-state index in [0.29, 0.717) is 38.8 Å². The van der Waals surface area contributed by atoms with Crippen molar-refractivity contribution in [1.82, 2.24) is 19.2 Å².